The van der Waals surface area contributed by atoms with E-state index in [0.29, 0.717) is 49.8 Å². The first-order valence-electron chi connectivity index (χ1n) is 11.2. The molecule has 3 heterocycles. The van der Waals surface area contributed by atoms with E-state index in [1.54, 1.807) is 12.5 Å². The SMILES string of the molecule is CC(C)CN(C(=O)c1cnc(C(C)(C)C)nc1NCc1ccco1)[C@@H]1CNC[C@@H](C#N)C1. The number of hydrogen-bond donors (Lipinski definition) is 2. The van der Waals surface area contributed by atoms with E-state index in [2.05, 4.69) is 35.5 Å². The molecule has 1 saturated heterocycles. The number of furan rings is 1. The predicted molar refractivity (Wildman–Crippen MR) is 123 cm³/mol. The predicted octanol–water partition coefficient (Wildman–Crippen LogP) is 3.58. The maximum Gasteiger partial charge on any atom is 0.259 e. The van der Waals surface area contributed by atoms with Crippen molar-refractivity contribution in [2.45, 2.75) is 59.0 Å². The Balaban J connectivity index is 1.94. The highest BCUT2D eigenvalue weighted by Crippen LogP contribution is 2.25. The molecule has 0 aliphatic carbocycles. The van der Waals surface area contributed by atoms with Gasteiger partial charge in [0.15, 0.2) is 0 Å². The minimum atomic E-state index is -0.256. The summed E-state index contributed by atoms with van der Waals surface area (Å²) >= 11 is 0. The lowest BCUT2D eigenvalue weighted by molar-refractivity contribution is 0.0604. The Morgan fingerprint density at radius 1 is 1.41 bits per heavy atom. The van der Waals surface area contributed by atoms with Crippen LogP contribution < -0.4 is 10.6 Å². The molecule has 8 heteroatoms. The first-order chi connectivity index (χ1) is 15.2. The van der Waals surface area contributed by atoms with E-state index in [-0.39, 0.29) is 29.2 Å². The number of anilines is 1. The normalized spacial score (nSPS) is 18.9. The molecule has 8 nitrogen and oxygen atoms in total. The van der Waals surface area contributed by atoms with Gasteiger partial charge in [-0.2, -0.15) is 5.26 Å². The van der Waals surface area contributed by atoms with Crippen molar-refractivity contribution in [3.63, 3.8) is 0 Å². The fourth-order valence-electron chi connectivity index (χ4n) is 3.82. The van der Waals surface area contributed by atoms with Crippen LogP contribution in [0.4, 0.5) is 5.82 Å². The van der Waals surface area contributed by atoms with Crippen LogP contribution in [0.2, 0.25) is 0 Å². The summed E-state index contributed by atoms with van der Waals surface area (Å²) in [5.74, 6) is 1.98. The average molecular weight is 439 g/mol. The smallest absolute Gasteiger partial charge is 0.259 e. The van der Waals surface area contributed by atoms with Crippen LogP contribution in [-0.4, -0.2) is 46.5 Å². The van der Waals surface area contributed by atoms with Crippen molar-refractivity contribution in [3.8, 4) is 6.07 Å². The standard InChI is InChI=1S/C24H34N6O2/c1-16(2)15-30(18-9-17(10-25)11-26-12-18)22(31)20-14-28-23(24(3,4)5)29-21(20)27-13-19-7-6-8-32-19/h6-8,14,16-18,26H,9,11-13,15H2,1-5H3,(H,27,28,29)/t17-,18+/m1/s1. The Morgan fingerprint density at radius 2 is 2.19 bits per heavy atom. The molecule has 2 aromatic rings. The zero-order valence-electron chi connectivity index (χ0n) is 19.7. The van der Waals surface area contributed by atoms with Crippen molar-refractivity contribution in [2.24, 2.45) is 11.8 Å². The summed E-state index contributed by atoms with van der Waals surface area (Å²) in [7, 11) is 0. The molecule has 2 N–H and O–H groups in total. The summed E-state index contributed by atoms with van der Waals surface area (Å²) in [6.07, 6.45) is 3.92. The molecule has 0 unspecified atom stereocenters. The van der Waals surface area contributed by atoms with Crippen molar-refractivity contribution >= 4 is 11.7 Å². The monoisotopic (exact) mass is 438 g/mol. The van der Waals surface area contributed by atoms with E-state index in [4.69, 9.17) is 9.40 Å². The maximum atomic E-state index is 13.8. The molecule has 1 fully saturated rings. The number of piperidine rings is 1. The van der Waals surface area contributed by atoms with Gasteiger partial charge < -0.3 is 20.0 Å². The van der Waals surface area contributed by atoms with Crippen LogP contribution in [0.1, 0.15) is 63.0 Å². The van der Waals surface area contributed by atoms with Crippen LogP contribution in [0.15, 0.2) is 29.0 Å². The molecule has 3 rings (SSSR count). The van der Waals surface area contributed by atoms with Crippen LogP contribution in [0.5, 0.6) is 0 Å². The number of nitriles is 1. The topological polar surface area (TPSA) is 107 Å². The molecule has 2 atom stereocenters. The third-order valence-electron chi connectivity index (χ3n) is 5.47. The van der Waals surface area contributed by atoms with Crippen molar-refractivity contribution in [2.75, 3.05) is 25.0 Å². The lowest BCUT2D eigenvalue weighted by atomic mass is 9.94. The Labute approximate surface area is 190 Å². The molecule has 0 aromatic carbocycles. The van der Waals surface area contributed by atoms with E-state index < -0.39 is 0 Å². The van der Waals surface area contributed by atoms with Crippen molar-refractivity contribution in [1.82, 2.24) is 20.2 Å². The fourth-order valence-corrected chi connectivity index (χ4v) is 3.82. The van der Waals surface area contributed by atoms with E-state index in [1.807, 2.05) is 37.8 Å². The first kappa shape index (κ1) is 23.7. The third kappa shape index (κ3) is 5.86. The van der Waals surface area contributed by atoms with Gasteiger partial charge in [-0.3, -0.25) is 4.79 Å². The molecular weight excluding hydrogens is 404 g/mol. The lowest BCUT2D eigenvalue weighted by Gasteiger charge is -2.37. The van der Waals surface area contributed by atoms with Crippen molar-refractivity contribution < 1.29 is 9.21 Å². The summed E-state index contributed by atoms with van der Waals surface area (Å²) in [4.78, 5) is 24.9. The molecule has 0 bridgehead atoms. The third-order valence-corrected chi connectivity index (χ3v) is 5.47. The highest BCUT2D eigenvalue weighted by Gasteiger charge is 2.32. The van der Waals surface area contributed by atoms with Gasteiger partial charge in [-0.05, 0) is 24.5 Å². The van der Waals surface area contributed by atoms with Crippen LogP contribution in [0, 0.1) is 23.2 Å². The molecule has 32 heavy (non-hydrogen) atoms. The summed E-state index contributed by atoms with van der Waals surface area (Å²) in [6.45, 7) is 12.7. The number of carbonyl (C=O) groups is 1. The van der Waals surface area contributed by atoms with E-state index in [1.165, 1.54) is 0 Å². The van der Waals surface area contributed by atoms with Gasteiger partial charge in [0.05, 0.1) is 24.8 Å². The zero-order valence-corrected chi connectivity index (χ0v) is 19.7. The van der Waals surface area contributed by atoms with Crippen LogP contribution >= 0.6 is 0 Å². The molecular formula is C24H34N6O2. The highest BCUT2D eigenvalue weighted by molar-refractivity contribution is 5.98. The van der Waals surface area contributed by atoms with Crippen LogP contribution in [0.25, 0.3) is 0 Å². The number of amides is 1. The number of rotatable bonds is 7. The van der Waals surface area contributed by atoms with Crippen LogP contribution in [-0.2, 0) is 12.0 Å². The molecule has 1 amide bonds. The maximum absolute atomic E-state index is 13.8. The van der Waals surface area contributed by atoms with Crippen LogP contribution in [0.3, 0.4) is 0 Å². The van der Waals surface area contributed by atoms with Gasteiger partial charge >= 0.3 is 0 Å². The van der Waals surface area contributed by atoms with Crippen molar-refractivity contribution in [1.29, 1.82) is 5.26 Å². The Bertz CT molecular complexity index is 942. The Morgan fingerprint density at radius 3 is 2.81 bits per heavy atom. The second-order valence-electron chi connectivity index (χ2n) is 9.86. The fraction of sp³-hybridized carbons (Fsp3) is 0.583. The van der Waals surface area contributed by atoms with Gasteiger partial charge in [-0.15, -0.1) is 0 Å². The molecule has 0 spiro atoms. The summed E-state index contributed by atoms with van der Waals surface area (Å²) in [5, 5.41) is 16.0. The van der Waals surface area contributed by atoms with Crippen molar-refractivity contribution in [3.05, 3.63) is 41.7 Å². The van der Waals surface area contributed by atoms with E-state index in [0.717, 1.165) is 5.76 Å². The summed E-state index contributed by atoms with van der Waals surface area (Å²) in [5.41, 5.74) is 0.178. The van der Waals surface area contributed by atoms with Gasteiger partial charge in [0, 0.05) is 37.3 Å². The van der Waals surface area contributed by atoms with Gasteiger partial charge in [-0.25, -0.2) is 9.97 Å². The first-order valence-corrected chi connectivity index (χ1v) is 11.2. The number of nitrogens with zero attached hydrogens (tertiary/aromatic N) is 4. The minimum absolute atomic E-state index is 0.0523. The lowest BCUT2D eigenvalue weighted by Crippen LogP contribution is -2.52. The number of carbonyl (C=O) groups excluding carboxylic acids is 1. The Hall–Kier alpha value is -2.92. The van der Waals surface area contributed by atoms with Gasteiger partial charge in [0.2, 0.25) is 0 Å². The minimum Gasteiger partial charge on any atom is -0.467 e. The Kier molecular flexibility index (Phi) is 7.52. The summed E-state index contributed by atoms with van der Waals surface area (Å²) < 4.78 is 5.43. The highest BCUT2D eigenvalue weighted by atomic mass is 16.3. The number of nitrogens with one attached hydrogen (secondary N) is 2. The molecule has 0 radical (unpaired) electrons. The summed E-state index contributed by atoms with van der Waals surface area (Å²) in [6, 6.07) is 6.00. The van der Waals surface area contributed by atoms with Gasteiger partial charge in [-0.1, -0.05) is 34.6 Å². The quantitative estimate of drug-likeness (QED) is 0.680. The molecule has 2 aromatic heterocycles. The second kappa shape index (κ2) is 10.1. The van der Waals surface area contributed by atoms with Gasteiger partial charge in [0.1, 0.15) is 23.0 Å². The van der Waals surface area contributed by atoms with E-state index >= 15 is 0 Å². The molecule has 1 aliphatic rings. The number of aromatic nitrogens is 2. The zero-order chi connectivity index (χ0) is 23.3. The number of hydrogen-bond acceptors (Lipinski definition) is 7. The van der Waals surface area contributed by atoms with E-state index in [9.17, 15) is 10.1 Å². The molecule has 172 valence electrons. The second-order valence-corrected chi connectivity index (χ2v) is 9.86. The largest absolute Gasteiger partial charge is 0.467 e. The molecule has 0 saturated carbocycles. The molecule has 1 aliphatic heterocycles. The average Bonchev–Trinajstić information content (AvgIpc) is 3.28. The van der Waals surface area contributed by atoms with Gasteiger partial charge in [0.25, 0.3) is 5.91 Å².